The lowest BCUT2D eigenvalue weighted by molar-refractivity contribution is 0.665. The fraction of sp³-hybridized carbons (Fsp3) is 0.0204. The number of nitrogens with zero attached hydrogens (tertiary/aromatic N) is 1. The zero-order valence-corrected chi connectivity index (χ0v) is 28.2. The molecule has 1 aliphatic rings. The predicted octanol–water partition coefficient (Wildman–Crippen LogP) is 13.3. The van der Waals surface area contributed by atoms with Gasteiger partial charge in [0.1, 0.15) is 16.7 Å². The van der Waals surface area contributed by atoms with E-state index < -0.39 is 5.41 Å². The lowest BCUT2D eigenvalue weighted by atomic mass is 9.67. The number of furan rings is 2. The average molecular weight is 666 g/mol. The highest BCUT2D eigenvalue weighted by Crippen LogP contribution is 2.56. The first-order valence-electron chi connectivity index (χ1n) is 17.8. The van der Waals surface area contributed by atoms with Gasteiger partial charge in [-0.05, 0) is 75.8 Å². The van der Waals surface area contributed by atoms with Crippen molar-refractivity contribution in [3.05, 3.63) is 210 Å². The molecule has 1 aliphatic carbocycles. The van der Waals surface area contributed by atoms with E-state index in [0.29, 0.717) is 0 Å². The fourth-order valence-corrected chi connectivity index (χ4v) is 8.83. The molecule has 3 nitrogen and oxygen atoms in total. The zero-order valence-electron chi connectivity index (χ0n) is 28.2. The molecule has 2 aromatic heterocycles. The van der Waals surface area contributed by atoms with Crippen LogP contribution >= 0.6 is 0 Å². The van der Waals surface area contributed by atoms with E-state index in [2.05, 4.69) is 175 Å². The monoisotopic (exact) mass is 665 g/mol. The summed E-state index contributed by atoms with van der Waals surface area (Å²) < 4.78 is 13.4. The van der Waals surface area contributed by atoms with Crippen LogP contribution in [0, 0.1) is 0 Å². The van der Waals surface area contributed by atoms with Crippen LogP contribution in [0.5, 0.6) is 0 Å². The Bertz CT molecular complexity index is 2930. The van der Waals surface area contributed by atoms with Gasteiger partial charge in [-0.2, -0.15) is 0 Å². The van der Waals surface area contributed by atoms with Crippen LogP contribution in [0.3, 0.4) is 0 Å². The molecule has 0 aliphatic heterocycles. The molecule has 10 aromatic rings. The van der Waals surface area contributed by atoms with Crippen molar-refractivity contribution in [3.63, 3.8) is 0 Å². The lowest BCUT2D eigenvalue weighted by Crippen LogP contribution is -2.28. The lowest BCUT2D eigenvalue weighted by Gasteiger charge is -2.33. The minimum atomic E-state index is -0.501. The molecule has 0 amide bonds. The van der Waals surface area contributed by atoms with Gasteiger partial charge in [0.25, 0.3) is 0 Å². The summed E-state index contributed by atoms with van der Waals surface area (Å²) in [4.78, 5) is 2.31. The summed E-state index contributed by atoms with van der Waals surface area (Å²) >= 11 is 0. The Labute approximate surface area is 300 Å². The first-order chi connectivity index (χ1) is 25.8. The van der Waals surface area contributed by atoms with Gasteiger partial charge in [0.05, 0.1) is 22.2 Å². The van der Waals surface area contributed by atoms with Gasteiger partial charge in [-0.25, -0.2) is 0 Å². The van der Waals surface area contributed by atoms with E-state index in [-0.39, 0.29) is 0 Å². The van der Waals surface area contributed by atoms with Crippen LogP contribution < -0.4 is 4.90 Å². The highest BCUT2D eigenvalue weighted by molar-refractivity contribution is 6.16. The molecule has 52 heavy (non-hydrogen) atoms. The normalized spacial score (nSPS) is 13.2. The Hall–Kier alpha value is -6.84. The van der Waals surface area contributed by atoms with Crippen molar-refractivity contribution in [2.75, 3.05) is 4.90 Å². The molecule has 0 fully saturated rings. The first-order valence-corrected chi connectivity index (χ1v) is 17.8. The number of rotatable bonds is 5. The van der Waals surface area contributed by atoms with Gasteiger partial charge in [-0.15, -0.1) is 0 Å². The second-order valence-corrected chi connectivity index (χ2v) is 13.6. The van der Waals surface area contributed by atoms with E-state index in [1.54, 1.807) is 0 Å². The third kappa shape index (κ3) is 3.96. The number of anilines is 3. The molecule has 3 heteroatoms. The number of fused-ring (bicyclic) bond motifs is 9. The van der Waals surface area contributed by atoms with Crippen LogP contribution in [0.15, 0.2) is 197 Å². The molecule has 0 N–H and O–H groups in total. The number of hydrogen-bond donors (Lipinski definition) is 0. The second kappa shape index (κ2) is 11.1. The van der Waals surface area contributed by atoms with Crippen molar-refractivity contribution >= 4 is 60.9 Å². The Balaban J connectivity index is 1.18. The molecule has 0 bridgehead atoms. The van der Waals surface area contributed by atoms with E-state index >= 15 is 0 Å². The maximum absolute atomic E-state index is 7.08. The summed E-state index contributed by atoms with van der Waals surface area (Å²) in [7, 11) is 0. The predicted molar refractivity (Wildman–Crippen MR) is 213 cm³/mol. The van der Waals surface area contributed by atoms with Crippen molar-refractivity contribution in [2.24, 2.45) is 0 Å². The molecule has 0 spiro atoms. The standard InChI is InChI=1S/C49H31NO2/c1-3-15-32(16-4-1)49(40-23-10-7-19-35(40)36-20-8-11-24-41(36)49)33-29-30-37-38-22-13-26-43(48(38)52-46(37)31-33)50(34-17-5-2-6-18-34)42-25-14-28-45-47(42)39-21-9-12-27-44(39)51-45/h1-31H. The minimum Gasteiger partial charge on any atom is -0.456 e. The quantitative estimate of drug-likeness (QED) is 0.183. The summed E-state index contributed by atoms with van der Waals surface area (Å²) in [5.41, 5.74) is 13.5. The Morgan fingerprint density at radius 1 is 0.385 bits per heavy atom. The molecule has 0 saturated heterocycles. The van der Waals surface area contributed by atoms with Gasteiger partial charge in [0.15, 0.2) is 5.58 Å². The molecule has 2 heterocycles. The third-order valence-electron chi connectivity index (χ3n) is 10.9. The van der Waals surface area contributed by atoms with Crippen LogP contribution in [0.25, 0.3) is 55.0 Å². The molecular weight excluding hydrogens is 635 g/mol. The maximum atomic E-state index is 7.08. The minimum absolute atomic E-state index is 0.501. The molecule has 244 valence electrons. The van der Waals surface area contributed by atoms with Gasteiger partial charge in [-0.1, -0.05) is 146 Å². The fourth-order valence-electron chi connectivity index (χ4n) is 8.83. The van der Waals surface area contributed by atoms with Crippen LogP contribution in [-0.2, 0) is 5.41 Å². The number of hydrogen-bond acceptors (Lipinski definition) is 3. The van der Waals surface area contributed by atoms with E-state index in [4.69, 9.17) is 8.83 Å². The van der Waals surface area contributed by atoms with E-state index in [1.165, 1.54) is 33.4 Å². The van der Waals surface area contributed by atoms with E-state index in [9.17, 15) is 0 Å². The number of benzene rings is 8. The molecule has 11 rings (SSSR count). The third-order valence-corrected chi connectivity index (χ3v) is 10.9. The van der Waals surface area contributed by atoms with Crippen molar-refractivity contribution in [1.82, 2.24) is 0 Å². The molecule has 0 atom stereocenters. The van der Waals surface area contributed by atoms with Gasteiger partial charge >= 0.3 is 0 Å². The smallest absolute Gasteiger partial charge is 0.159 e. The summed E-state index contributed by atoms with van der Waals surface area (Å²) in [6.45, 7) is 0. The summed E-state index contributed by atoms with van der Waals surface area (Å²) in [5.74, 6) is 0. The highest BCUT2D eigenvalue weighted by atomic mass is 16.3. The van der Waals surface area contributed by atoms with Crippen molar-refractivity contribution < 1.29 is 8.83 Å². The maximum Gasteiger partial charge on any atom is 0.159 e. The van der Waals surface area contributed by atoms with Crippen molar-refractivity contribution in [2.45, 2.75) is 5.41 Å². The van der Waals surface area contributed by atoms with Gasteiger partial charge in [0, 0.05) is 21.8 Å². The highest BCUT2D eigenvalue weighted by Gasteiger charge is 2.46. The van der Waals surface area contributed by atoms with E-state index in [0.717, 1.165) is 60.9 Å². The Kier molecular flexibility index (Phi) is 6.17. The van der Waals surface area contributed by atoms with Gasteiger partial charge < -0.3 is 13.7 Å². The first kappa shape index (κ1) is 28.9. The molecule has 0 saturated carbocycles. The van der Waals surface area contributed by atoms with Crippen molar-refractivity contribution in [3.8, 4) is 11.1 Å². The van der Waals surface area contributed by atoms with Gasteiger partial charge in [-0.3, -0.25) is 0 Å². The molecule has 0 unspecified atom stereocenters. The molecule has 0 radical (unpaired) electrons. The second-order valence-electron chi connectivity index (χ2n) is 13.6. The van der Waals surface area contributed by atoms with Gasteiger partial charge in [0.2, 0.25) is 0 Å². The summed E-state index contributed by atoms with van der Waals surface area (Å²) in [6, 6.07) is 67.0. The SMILES string of the molecule is c1ccc(N(c2cccc3c2oc2cc(C4(c5ccccc5)c5ccccc5-c5ccccc54)ccc23)c2cccc3oc4ccccc4c23)cc1. The van der Waals surface area contributed by atoms with Crippen LogP contribution in [-0.4, -0.2) is 0 Å². The summed E-state index contributed by atoms with van der Waals surface area (Å²) in [6.07, 6.45) is 0. The number of para-hydroxylation sites is 3. The zero-order chi connectivity index (χ0) is 34.2. The Morgan fingerprint density at radius 3 is 1.79 bits per heavy atom. The summed E-state index contributed by atoms with van der Waals surface area (Å²) in [5, 5.41) is 4.31. The van der Waals surface area contributed by atoms with Crippen LogP contribution in [0.2, 0.25) is 0 Å². The van der Waals surface area contributed by atoms with E-state index in [1.807, 2.05) is 18.2 Å². The molecule has 8 aromatic carbocycles. The average Bonchev–Trinajstić information content (AvgIpc) is 3.88. The molecular formula is C49H31NO2. The Morgan fingerprint density at radius 2 is 1.00 bits per heavy atom. The van der Waals surface area contributed by atoms with Crippen LogP contribution in [0.1, 0.15) is 22.3 Å². The van der Waals surface area contributed by atoms with Crippen molar-refractivity contribution in [1.29, 1.82) is 0 Å². The van der Waals surface area contributed by atoms with Crippen LogP contribution in [0.4, 0.5) is 17.1 Å². The largest absolute Gasteiger partial charge is 0.456 e. The topological polar surface area (TPSA) is 29.5 Å².